The minimum Gasteiger partial charge on any atom is -0.462 e. The molecule has 0 radical (unpaired) electrons. The zero-order valence-electron chi connectivity index (χ0n) is 37.9. The molecule has 0 aromatic heterocycles. The van der Waals surface area contributed by atoms with Crippen molar-refractivity contribution >= 4 is 17.9 Å². The molecule has 0 spiro atoms. The summed E-state index contributed by atoms with van der Waals surface area (Å²) in [5, 5.41) is 0. The molecule has 0 aliphatic heterocycles. The van der Waals surface area contributed by atoms with Crippen molar-refractivity contribution in [2.24, 2.45) is 0 Å². The average Bonchev–Trinajstić information content (AvgIpc) is 3.21. The molecule has 0 rings (SSSR count). The molecule has 0 aromatic carbocycles. The first kappa shape index (κ1) is 54.6. The van der Waals surface area contributed by atoms with E-state index in [0.717, 1.165) is 70.6 Å². The molecule has 0 fully saturated rings. The van der Waals surface area contributed by atoms with Crippen LogP contribution in [0.4, 0.5) is 0 Å². The second-order valence-electron chi connectivity index (χ2n) is 16.4. The van der Waals surface area contributed by atoms with Gasteiger partial charge in [0.15, 0.2) is 6.10 Å². The van der Waals surface area contributed by atoms with Crippen LogP contribution in [0.5, 0.6) is 0 Å². The fraction of sp³-hybridized carbons (Fsp3) is 0.824. The fourth-order valence-electron chi connectivity index (χ4n) is 6.92. The highest BCUT2D eigenvalue weighted by Gasteiger charge is 2.19. The Bertz CT molecular complexity index is 969. The SMILES string of the molecule is CCCCCCC/C=C\C/C=C\C/C=C\CCCCCCCCCCCCCCC(=O)OCC(COC(=O)CCCCCCCC)OC(=O)CCCCCCCC. The smallest absolute Gasteiger partial charge is 0.306 e. The zero-order valence-corrected chi connectivity index (χ0v) is 37.9. The summed E-state index contributed by atoms with van der Waals surface area (Å²) in [6, 6.07) is 0. The maximum Gasteiger partial charge on any atom is 0.306 e. The molecule has 57 heavy (non-hydrogen) atoms. The van der Waals surface area contributed by atoms with Gasteiger partial charge in [0.2, 0.25) is 0 Å². The lowest BCUT2D eigenvalue weighted by Gasteiger charge is -2.18. The molecule has 0 saturated heterocycles. The van der Waals surface area contributed by atoms with Crippen LogP contribution in [0.3, 0.4) is 0 Å². The Morgan fingerprint density at radius 1 is 0.351 bits per heavy atom. The molecule has 0 bridgehead atoms. The predicted octanol–water partition coefficient (Wildman–Crippen LogP) is 15.8. The largest absolute Gasteiger partial charge is 0.462 e. The Labute approximate surface area is 353 Å². The third-order valence-electron chi connectivity index (χ3n) is 10.6. The van der Waals surface area contributed by atoms with Crippen LogP contribution >= 0.6 is 0 Å². The standard InChI is InChI=1S/C51H92O6/c1-4-7-10-13-16-17-18-19-20-21-22-23-24-25-26-27-28-29-30-31-32-33-34-35-36-39-41-44-50(53)56-47-48(57-51(54)45-42-38-15-12-9-6-3)46-55-49(52)43-40-37-14-11-8-5-2/h18-19,21-22,24-25,48H,4-17,20,23,26-47H2,1-3H3/b19-18-,22-21-,25-24-. The Hall–Kier alpha value is -2.37. The van der Waals surface area contributed by atoms with Crippen LogP contribution in [0.1, 0.15) is 252 Å². The van der Waals surface area contributed by atoms with Gasteiger partial charge in [-0.15, -0.1) is 0 Å². The van der Waals surface area contributed by atoms with Gasteiger partial charge in [0.25, 0.3) is 0 Å². The zero-order chi connectivity index (χ0) is 41.5. The topological polar surface area (TPSA) is 78.9 Å². The van der Waals surface area contributed by atoms with Crippen LogP contribution in [0.2, 0.25) is 0 Å². The minimum atomic E-state index is -0.762. The number of esters is 3. The van der Waals surface area contributed by atoms with Gasteiger partial charge < -0.3 is 14.2 Å². The number of carbonyl (C=O) groups excluding carboxylic acids is 3. The first-order valence-electron chi connectivity index (χ1n) is 24.5. The van der Waals surface area contributed by atoms with Crippen molar-refractivity contribution in [1.29, 1.82) is 0 Å². The Morgan fingerprint density at radius 2 is 0.632 bits per heavy atom. The van der Waals surface area contributed by atoms with E-state index in [0.29, 0.717) is 19.3 Å². The number of unbranched alkanes of at least 4 members (excludes halogenated alkanes) is 27. The van der Waals surface area contributed by atoms with Crippen LogP contribution in [0.15, 0.2) is 36.5 Å². The summed E-state index contributed by atoms with van der Waals surface area (Å²) in [4.78, 5) is 37.3. The Balaban J connectivity index is 3.92. The van der Waals surface area contributed by atoms with Gasteiger partial charge in [-0.3, -0.25) is 14.4 Å². The Morgan fingerprint density at radius 3 is 0.982 bits per heavy atom. The molecule has 0 heterocycles. The minimum absolute atomic E-state index is 0.0713. The molecule has 1 unspecified atom stereocenters. The highest BCUT2D eigenvalue weighted by Crippen LogP contribution is 2.15. The summed E-state index contributed by atoms with van der Waals surface area (Å²) in [6.07, 6.45) is 53.4. The van der Waals surface area contributed by atoms with Crippen LogP contribution in [0.25, 0.3) is 0 Å². The van der Waals surface area contributed by atoms with Crippen molar-refractivity contribution in [2.75, 3.05) is 13.2 Å². The summed E-state index contributed by atoms with van der Waals surface area (Å²) in [6.45, 7) is 6.50. The van der Waals surface area contributed by atoms with E-state index in [-0.39, 0.29) is 31.1 Å². The van der Waals surface area contributed by atoms with Crippen molar-refractivity contribution in [2.45, 2.75) is 258 Å². The predicted molar refractivity (Wildman–Crippen MR) is 242 cm³/mol. The van der Waals surface area contributed by atoms with E-state index in [1.165, 1.54) is 141 Å². The molecule has 0 N–H and O–H groups in total. The van der Waals surface area contributed by atoms with Gasteiger partial charge >= 0.3 is 17.9 Å². The highest BCUT2D eigenvalue weighted by atomic mass is 16.6. The maximum absolute atomic E-state index is 12.5. The van der Waals surface area contributed by atoms with Crippen LogP contribution in [0, 0.1) is 0 Å². The van der Waals surface area contributed by atoms with Gasteiger partial charge in [0, 0.05) is 19.3 Å². The van der Waals surface area contributed by atoms with E-state index >= 15 is 0 Å². The van der Waals surface area contributed by atoms with Crippen molar-refractivity contribution < 1.29 is 28.6 Å². The van der Waals surface area contributed by atoms with Gasteiger partial charge in [-0.25, -0.2) is 0 Å². The molecule has 0 saturated carbocycles. The van der Waals surface area contributed by atoms with Crippen molar-refractivity contribution in [3.8, 4) is 0 Å². The van der Waals surface area contributed by atoms with Gasteiger partial charge in [-0.1, -0.05) is 211 Å². The van der Waals surface area contributed by atoms with Gasteiger partial charge in [-0.05, 0) is 57.8 Å². The van der Waals surface area contributed by atoms with E-state index < -0.39 is 6.10 Å². The number of hydrogen-bond donors (Lipinski definition) is 0. The molecule has 0 aromatic rings. The number of carbonyl (C=O) groups is 3. The summed E-state index contributed by atoms with van der Waals surface area (Å²) >= 11 is 0. The van der Waals surface area contributed by atoms with Gasteiger partial charge in [0.05, 0.1) is 0 Å². The van der Waals surface area contributed by atoms with E-state index in [1.54, 1.807) is 0 Å². The van der Waals surface area contributed by atoms with Gasteiger partial charge in [-0.2, -0.15) is 0 Å². The van der Waals surface area contributed by atoms with Crippen LogP contribution < -0.4 is 0 Å². The second-order valence-corrected chi connectivity index (χ2v) is 16.4. The summed E-state index contributed by atoms with van der Waals surface area (Å²) in [5.74, 6) is -0.890. The third-order valence-corrected chi connectivity index (χ3v) is 10.6. The van der Waals surface area contributed by atoms with E-state index in [2.05, 4.69) is 57.2 Å². The van der Waals surface area contributed by atoms with E-state index in [4.69, 9.17) is 14.2 Å². The quantitative estimate of drug-likeness (QED) is 0.0264. The molecule has 6 nitrogen and oxygen atoms in total. The normalized spacial score (nSPS) is 12.3. The lowest BCUT2D eigenvalue weighted by Crippen LogP contribution is -2.30. The maximum atomic E-state index is 12.5. The molecule has 0 aliphatic carbocycles. The molecular weight excluding hydrogens is 709 g/mol. The monoisotopic (exact) mass is 801 g/mol. The second kappa shape index (κ2) is 46.3. The number of ether oxygens (including phenoxy) is 3. The van der Waals surface area contributed by atoms with Crippen molar-refractivity contribution in [1.82, 2.24) is 0 Å². The number of hydrogen-bond acceptors (Lipinski definition) is 6. The fourth-order valence-corrected chi connectivity index (χ4v) is 6.92. The van der Waals surface area contributed by atoms with Crippen molar-refractivity contribution in [3.63, 3.8) is 0 Å². The summed E-state index contributed by atoms with van der Waals surface area (Å²) in [5.41, 5.74) is 0. The lowest BCUT2D eigenvalue weighted by molar-refractivity contribution is -0.167. The summed E-state index contributed by atoms with van der Waals surface area (Å²) in [7, 11) is 0. The molecule has 6 heteroatoms. The average molecular weight is 801 g/mol. The molecular formula is C51H92O6. The highest BCUT2D eigenvalue weighted by molar-refractivity contribution is 5.71. The molecule has 1 atom stereocenters. The molecule has 0 amide bonds. The molecule has 332 valence electrons. The lowest BCUT2D eigenvalue weighted by atomic mass is 10.0. The first-order chi connectivity index (χ1) is 28.0. The van der Waals surface area contributed by atoms with Crippen LogP contribution in [-0.4, -0.2) is 37.2 Å². The van der Waals surface area contributed by atoms with E-state index in [9.17, 15) is 14.4 Å². The van der Waals surface area contributed by atoms with Gasteiger partial charge in [0.1, 0.15) is 13.2 Å². The van der Waals surface area contributed by atoms with E-state index in [1.807, 2.05) is 0 Å². The third kappa shape index (κ3) is 44.6. The number of rotatable bonds is 44. The summed E-state index contributed by atoms with van der Waals surface area (Å²) < 4.78 is 16.5. The Kier molecular flexibility index (Phi) is 44.4. The first-order valence-corrected chi connectivity index (χ1v) is 24.5. The van der Waals surface area contributed by atoms with Crippen molar-refractivity contribution in [3.05, 3.63) is 36.5 Å². The number of allylic oxidation sites excluding steroid dienone is 6. The molecule has 0 aliphatic rings. The van der Waals surface area contributed by atoms with Crippen LogP contribution in [-0.2, 0) is 28.6 Å².